The van der Waals surface area contributed by atoms with Crippen molar-refractivity contribution in [3.05, 3.63) is 45.6 Å². The van der Waals surface area contributed by atoms with Gasteiger partial charge in [0.05, 0.1) is 10.0 Å². The Bertz CT molecular complexity index is 902. The highest BCUT2D eigenvalue weighted by molar-refractivity contribution is 6.42. The van der Waals surface area contributed by atoms with Gasteiger partial charge in [-0.3, -0.25) is 4.79 Å². The molecular formula is C18H18Cl2F3N5O. The average molecular weight is 448 g/mol. The van der Waals surface area contributed by atoms with Gasteiger partial charge in [-0.25, -0.2) is 4.98 Å². The quantitative estimate of drug-likeness (QED) is 0.760. The Labute approximate surface area is 175 Å². The molecule has 6 nitrogen and oxygen atoms in total. The van der Waals surface area contributed by atoms with E-state index in [-0.39, 0.29) is 22.7 Å². The number of piperazine rings is 1. The number of halogens is 5. The molecule has 0 bridgehead atoms. The van der Waals surface area contributed by atoms with Crippen LogP contribution in [0.5, 0.6) is 0 Å². The summed E-state index contributed by atoms with van der Waals surface area (Å²) >= 11 is 11.8. The Morgan fingerprint density at radius 3 is 2.38 bits per heavy atom. The van der Waals surface area contributed by atoms with E-state index in [9.17, 15) is 18.0 Å². The van der Waals surface area contributed by atoms with Crippen molar-refractivity contribution in [1.82, 2.24) is 14.9 Å². The molecule has 1 aliphatic rings. The number of aromatic nitrogens is 2. The first-order valence-electron chi connectivity index (χ1n) is 8.88. The van der Waals surface area contributed by atoms with Crippen molar-refractivity contribution in [3.8, 4) is 0 Å². The summed E-state index contributed by atoms with van der Waals surface area (Å²) in [6, 6.07) is 5.52. The zero-order valence-corrected chi connectivity index (χ0v) is 16.9. The third kappa shape index (κ3) is 5.02. The Balaban J connectivity index is 1.74. The molecule has 1 aromatic carbocycles. The summed E-state index contributed by atoms with van der Waals surface area (Å²) in [4.78, 5) is 23.7. The van der Waals surface area contributed by atoms with Crippen molar-refractivity contribution in [2.75, 3.05) is 42.9 Å². The largest absolute Gasteiger partial charge is 0.433 e. The molecule has 0 unspecified atom stereocenters. The maximum atomic E-state index is 13.2. The lowest BCUT2D eigenvalue weighted by atomic mass is 10.2. The smallest absolute Gasteiger partial charge is 0.370 e. The van der Waals surface area contributed by atoms with Crippen LogP contribution in [0.4, 0.5) is 24.9 Å². The number of hydrogen-bond acceptors (Lipinski definition) is 5. The first kappa shape index (κ1) is 21.4. The van der Waals surface area contributed by atoms with Gasteiger partial charge in [-0.2, -0.15) is 18.2 Å². The van der Waals surface area contributed by atoms with E-state index < -0.39 is 11.9 Å². The molecule has 29 heavy (non-hydrogen) atoms. The highest BCUT2D eigenvalue weighted by atomic mass is 35.5. The number of carbonyl (C=O) groups is 1. The van der Waals surface area contributed by atoms with E-state index in [0.717, 1.165) is 6.07 Å². The maximum Gasteiger partial charge on any atom is 0.433 e. The predicted molar refractivity (Wildman–Crippen MR) is 106 cm³/mol. The standard InChI is InChI=1S/C18H18Cl2F3N5O/c1-2-24-15-10-14(18(21,22)23)25-17(26-15)28-7-5-27(6-8-28)16(29)11-3-4-12(19)13(20)9-11/h3-4,9-10H,2,5-8H2,1H3,(H,24,25,26). The normalized spacial score (nSPS) is 14.8. The molecule has 1 amide bonds. The molecular weight excluding hydrogens is 430 g/mol. The van der Waals surface area contributed by atoms with Crippen LogP contribution in [0.15, 0.2) is 24.3 Å². The van der Waals surface area contributed by atoms with Gasteiger partial charge in [0, 0.05) is 44.4 Å². The van der Waals surface area contributed by atoms with Crippen molar-refractivity contribution >= 4 is 40.9 Å². The number of rotatable bonds is 4. The second-order valence-electron chi connectivity index (χ2n) is 6.37. The van der Waals surface area contributed by atoms with Gasteiger partial charge >= 0.3 is 6.18 Å². The minimum Gasteiger partial charge on any atom is -0.370 e. The van der Waals surface area contributed by atoms with Gasteiger partial charge in [0.15, 0.2) is 5.69 Å². The average Bonchev–Trinajstić information content (AvgIpc) is 2.69. The van der Waals surface area contributed by atoms with Gasteiger partial charge in [-0.15, -0.1) is 0 Å². The van der Waals surface area contributed by atoms with Crippen LogP contribution >= 0.6 is 23.2 Å². The minimum atomic E-state index is -4.58. The summed E-state index contributed by atoms with van der Waals surface area (Å²) in [5.74, 6) is -0.127. The fourth-order valence-corrected chi connectivity index (χ4v) is 3.21. The fraction of sp³-hybridized carbons (Fsp3) is 0.389. The van der Waals surface area contributed by atoms with Gasteiger partial charge in [-0.1, -0.05) is 23.2 Å². The van der Waals surface area contributed by atoms with Crippen LogP contribution in [0.1, 0.15) is 23.0 Å². The van der Waals surface area contributed by atoms with E-state index in [2.05, 4.69) is 15.3 Å². The monoisotopic (exact) mass is 447 g/mol. The van der Waals surface area contributed by atoms with Crippen molar-refractivity contribution in [2.24, 2.45) is 0 Å². The first-order chi connectivity index (χ1) is 13.7. The van der Waals surface area contributed by atoms with E-state index in [1.54, 1.807) is 28.9 Å². The zero-order valence-electron chi connectivity index (χ0n) is 15.4. The summed E-state index contributed by atoms with van der Waals surface area (Å²) < 4.78 is 39.5. The Kier molecular flexibility index (Phi) is 6.38. The van der Waals surface area contributed by atoms with Crippen molar-refractivity contribution in [2.45, 2.75) is 13.1 Å². The van der Waals surface area contributed by atoms with Crippen LogP contribution in [-0.2, 0) is 6.18 Å². The van der Waals surface area contributed by atoms with E-state index in [1.165, 1.54) is 6.07 Å². The van der Waals surface area contributed by atoms with Crippen LogP contribution in [-0.4, -0.2) is 53.5 Å². The van der Waals surface area contributed by atoms with E-state index in [0.29, 0.717) is 43.3 Å². The van der Waals surface area contributed by atoms with Gasteiger partial charge in [0.25, 0.3) is 5.91 Å². The van der Waals surface area contributed by atoms with Gasteiger partial charge in [0.1, 0.15) is 5.82 Å². The second kappa shape index (κ2) is 8.62. The van der Waals surface area contributed by atoms with Crippen LogP contribution < -0.4 is 10.2 Å². The van der Waals surface area contributed by atoms with Crippen LogP contribution in [0, 0.1) is 0 Å². The zero-order chi connectivity index (χ0) is 21.2. The number of nitrogens with one attached hydrogen (secondary N) is 1. The van der Waals surface area contributed by atoms with Crippen molar-refractivity contribution in [3.63, 3.8) is 0 Å². The molecule has 0 aliphatic carbocycles. The lowest BCUT2D eigenvalue weighted by molar-refractivity contribution is -0.141. The summed E-state index contributed by atoms with van der Waals surface area (Å²) in [5, 5.41) is 3.43. The molecule has 1 fully saturated rings. The first-order valence-corrected chi connectivity index (χ1v) is 9.64. The molecule has 2 heterocycles. The second-order valence-corrected chi connectivity index (χ2v) is 7.19. The Hall–Kier alpha value is -2.26. The lowest BCUT2D eigenvalue weighted by Gasteiger charge is -2.35. The highest BCUT2D eigenvalue weighted by Gasteiger charge is 2.34. The molecule has 11 heteroatoms. The van der Waals surface area contributed by atoms with Gasteiger partial charge < -0.3 is 15.1 Å². The molecule has 3 rings (SSSR count). The third-order valence-corrected chi connectivity index (χ3v) is 5.12. The number of nitrogens with zero attached hydrogens (tertiary/aromatic N) is 4. The third-order valence-electron chi connectivity index (χ3n) is 4.38. The highest BCUT2D eigenvalue weighted by Crippen LogP contribution is 2.30. The van der Waals surface area contributed by atoms with Gasteiger partial charge in [-0.05, 0) is 25.1 Å². The van der Waals surface area contributed by atoms with Crippen molar-refractivity contribution < 1.29 is 18.0 Å². The molecule has 1 aromatic heterocycles. The topological polar surface area (TPSA) is 61.4 Å². The van der Waals surface area contributed by atoms with E-state index in [1.807, 2.05) is 0 Å². The molecule has 1 saturated heterocycles. The molecule has 0 saturated carbocycles. The van der Waals surface area contributed by atoms with E-state index >= 15 is 0 Å². The van der Waals surface area contributed by atoms with Gasteiger partial charge in [0.2, 0.25) is 5.95 Å². The van der Waals surface area contributed by atoms with Crippen LogP contribution in [0.25, 0.3) is 0 Å². The number of anilines is 2. The number of benzene rings is 1. The summed E-state index contributed by atoms with van der Waals surface area (Å²) in [7, 11) is 0. The molecule has 2 aromatic rings. The number of carbonyl (C=O) groups excluding carboxylic acids is 1. The molecule has 0 radical (unpaired) electrons. The molecule has 0 atom stereocenters. The fourth-order valence-electron chi connectivity index (χ4n) is 2.91. The minimum absolute atomic E-state index is 0.0163. The Morgan fingerprint density at radius 2 is 1.79 bits per heavy atom. The lowest BCUT2D eigenvalue weighted by Crippen LogP contribution is -2.49. The van der Waals surface area contributed by atoms with Crippen molar-refractivity contribution in [1.29, 1.82) is 0 Å². The molecule has 1 aliphatic heterocycles. The maximum absolute atomic E-state index is 13.2. The number of alkyl halides is 3. The summed E-state index contributed by atoms with van der Waals surface area (Å²) in [6.45, 7) is 3.44. The predicted octanol–water partition coefficient (Wildman–Crippen LogP) is 4.20. The molecule has 0 spiro atoms. The number of amides is 1. The summed E-state index contributed by atoms with van der Waals surface area (Å²) in [5.41, 5.74) is -0.606. The number of hydrogen-bond donors (Lipinski definition) is 1. The van der Waals surface area contributed by atoms with E-state index in [4.69, 9.17) is 23.2 Å². The Morgan fingerprint density at radius 1 is 1.10 bits per heavy atom. The van der Waals surface area contributed by atoms with Crippen LogP contribution in [0.2, 0.25) is 10.0 Å². The SMILES string of the molecule is CCNc1cc(C(F)(F)F)nc(N2CCN(C(=O)c3ccc(Cl)c(Cl)c3)CC2)n1. The summed E-state index contributed by atoms with van der Waals surface area (Å²) in [6.07, 6.45) is -4.58. The van der Waals surface area contributed by atoms with Crippen LogP contribution in [0.3, 0.4) is 0 Å². The molecule has 156 valence electrons. The molecule has 1 N–H and O–H groups in total.